The number of piperazine rings is 1. The molecule has 1 heterocycles. The molecule has 1 aromatic carbocycles. The summed E-state index contributed by atoms with van der Waals surface area (Å²) in [6, 6.07) is 10.4. The second kappa shape index (κ2) is 6.06. The molecule has 1 aliphatic heterocycles. The number of nitrogens with two attached hydrogens (primary N) is 1. The summed E-state index contributed by atoms with van der Waals surface area (Å²) in [4.78, 5) is 16.8. The number of carbonyl (C=O) groups excluding carboxylic acids is 1. The summed E-state index contributed by atoms with van der Waals surface area (Å²) in [5.74, 6) is 0.243. The third-order valence-corrected chi connectivity index (χ3v) is 4.86. The molecule has 4 nitrogen and oxygen atoms in total. The van der Waals surface area contributed by atoms with E-state index in [1.807, 2.05) is 11.0 Å². The molecule has 114 valence electrons. The fourth-order valence-corrected chi connectivity index (χ4v) is 3.52. The molecule has 0 aromatic heterocycles. The molecule has 2 aliphatic rings. The van der Waals surface area contributed by atoms with Crippen LogP contribution in [-0.2, 0) is 4.79 Å². The Morgan fingerprint density at radius 1 is 1.05 bits per heavy atom. The van der Waals surface area contributed by atoms with Gasteiger partial charge in [0.1, 0.15) is 0 Å². The Hall–Kier alpha value is -1.55. The van der Waals surface area contributed by atoms with E-state index in [2.05, 4.69) is 29.2 Å². The summed E-state index contributed by atoms with van der Waals surface area (Å²) in [6.45, 7) is 3.44. The minimum atomic E-state index is -0.229. The maximum atomic E-state index is 12.4. The van der Waals surface area contributed by atoms with E-state index in [1.54, 1.807) is 0 Å². The van der Waals surface area contributed by atoms with Gasteiger partial charge in [0.2, 0.25) is 5.91 Å². The summed E-state index contributed by atoms with van der Waals surface area (Å²) in [6.07, 6.45) is 4.88. The highest BCUT2D eigenvalue weighted by molar-refractivity contribution is 5.78. The first kappa shape index (κ1) is 14.4. The number of carbonyl (C=O) groups is 1. The molecule has 1 saturated heterocycles. The summed E-state index contributed by atoms with van der Waals surface area (Å²) in [5, 5.41) is 0. The van der Waals surface area contributed by atoms with Crippen LogP contribution in [-0.4, -0.2) is 42.5 Å². The first-order valence-corrected chi connectivity index (χ1v) is 8.03. The van der Waals surface area contributed by atoms with Gasteiger partial charge >= 0.3 is 0 Å². The normalized spacial score (nSPS) is 21.6. The average molecular weight is 287 g/mol. The summed E-state index contributed by atoms with van der Waals surface area (Å²) >= 11 is 0. The number of hydrogen-bond acceptors (Lipinski definition) is 3. The molecule has 0 radical (unpaired) electrons. The lowest BCUT2D eigenvalue weighted by Gasteiger charge is -2.37. The van der Waals surface area contributed by atoms with Crippen molar-refractivity contribution in [2.45, 2.75) is 37.6 Å². The van der Waals surface area contributed by atoms with Crippen LogP contribution in [0.2, 0.25) is 0 Å². The molecule has 1 aromatic rings. The van der Waals surface area contributed by atoms with Crippen LogP contribution >= 0.6 is 0 Å². The molecule has 0 atom stereocenters. The van der Waals surface area contributed by atoms with Gasteiger partial charge in [-0.05, 0) is 25.0 Å². The molecule has 4 heteroatoms. The maximum Gasteiger partial charge on any atom is 0.224 e. The van der Waals surface area contributed by atoms with E-state index < -0.39 is 0 Å². The van der Waals surface area contributed by atoms with Gasteiger partial charge in [-0.15, -0.1) is 0 Å². The van der Waals surface area contributed by atoms with Gasteiger partial charge in [0.05, 0.1) is 0 Å². The molecule has 0 bridgehead atoms. The third kappa shape index (κ3) is 3.38. The SMILES string of the molecule is NC1(CC(=O)N2CCN(c3ccccc3)CC2)CCCC1. The minimum Gasteiger partial charge on any atom is -0.368 e. The Balaban J connectivity index is 1.52. The number of anilines is 1. The van der Waals surface area contributed by atoms with Crippen LogP contribution in [0.1, 0.15) is 32.1 Å². The van der Waals surface area contributed by atoms with Crippen molar-refractivity contribution in [1.29, 1.82) is 0 Å². The molecule has 3 rings (SSSR count). The largest absolute Gasteiger partial charge is 0.368 e. The van der Waals surface area contributed by atoms with E-state index in [0.717, 1.165) is 39.0 Å². The van der Waals surface area contributed by atoms with E-state index in [-0.39, 0.29) is 11.4 Å². The van der Waals surface area contributed by atoms with Crippen molar-refractivity contribution in [3.05, 3.63) is 30.3 Å². The fourth-order valence-electron chi connectivity index (χ4n) is 3.52. The zero-order chi connectivity index (χ0) is 14.7. The fraction of sp³-hybridized carbons (Fsp3) is 0.588. The molecule has 1 saturated carbocycles. The van der Waals surface area contributed by atoms with Crippen molar-refractivity contribution in [2.24, 2.45) is 5.73 Å². The molecule has 1 amide bonds. The minimum absolute atomic E-state index is 0.229. The molecular formula is C17H25N3O. The zero-order valence-corrected chi connectivity index (χ0v) is 12.6. The smallest absolute Gasteiger partial charge is 0.224 e. The Kier molecular flexibility index (Phi) is 4.15. The third-order valence-electron chi connectivity index (χ3n) is 4.86. The highest BCUT2D eigenvalue weighted by atomic mass is 16.2. The van der Waals surface area contributed by atoms with Gasteiger partial charge < -0.3 is 15.5 Å². The number of para-hydroxylation sites is 1. The first-order valence-electron chi connectivity index (χ1n) is 8.03. The lowest BCUT2D eigenvalue weighted by molar-refractivity contribution is -0.132. The van der Waals surface area contributed by atoms with E-state index >= 15 is 0 Å². The van der Waals surface area contributed by atoms with Gasteiger partial charge in [-0.25, -0.2) is 0 Å². The van der Waals surface area contributed by atoms with Crippen molar-refractivity contribution >= 4 is 11.6 Å². The lowest BCUT2D eigenvalue weighted by atomic mass is 9.94. The van der Waals surface area contributed by atoms with Crippen LogP contribution in [0.5, 0.6) is 0 Å². The van der Waals surface area contributed by atoms with Gasteiger partial charge in [0.25, 0.3) is 0 Å². The van der Waals surface area contributed by atoms with Crippen molar-refractivity contribution < 1.29 is 4.79 Å². The van der Waals surface area contributed by atoms with Crippen molar-refractivity contribution in [3.8, 4) is 0 Å². The van der Waals surface area contributed by atoms with Crippen LogP contribution in [0.4, 0.5) is 5.69 Å². The van der Waals surface area contributed by atoms with Gasteiger partial charge in [-0.3, -0.25) is 4.79 Å². The van der Waals surface area contributed by atoms with Crippen LogP contribution in [0.25, 0.3) is 0 Å². The van der Waals surface area contributed by atoms with Crippen molar-refractivity contribution in [1.82, 2.24) is 4.90 Å². The molecule has 21 heavy (non-hydrogen) atoms. The summed E-state index contributed by atoms with van der Waals surface area (Å²) in [5.41, 5.74) is 7.34. The van der Waals surface area contributed by atoms with Gasteiger partial charge in [0, 0.05) is 43.8 Å². The Labute approximate surface area is 126 Å². The number of rotatable bonds is 3. The monoisotopic (exact) mass is 287 g/mol. The lowest BCUT2D eigenvalue weighted by Crippen LogP contribution is -2.51. The van der Waals surface area contributed by atoms with E-state index in [9.17, 15) is 4.79 Å². The molecule has 1 aliphatic carbocycles. The van der Waals surface area contributed by atoms with Crippen molar-refractivity contribution in [2.75, 3.05) is 31.1 Å². The number of nitrogens with zero attached hydrogens (tertiary/aromatic N) is 2. The Bertz CT molecular complexity index is 474. The van der Waals surface area contributed by atoms with E-state index in [1.165, 1.54) is 18.5 Å². The molecule has 0 spiro atoms. The number of hydrogen-bond donors (Lipinski definition) is 1. The topological polar surface area (TPSA) is 49.6 Å². The maximum absolute atomic E-state index is 12.4. The summed E-state index contributed by atoms with van der Waals surface area (Å²) in [7, 11) is 0. The predicted molar refractivity (Wildman–Crippen MR) is 85.2 cm³/mol. The number of amides is 1. The molecular weight excluding hydrogens is 262 g/mol. The number of benzene rings is 1. The second-order valence-electron chi connectivity index (χ2n) is 6.45. The zero-order valence-electron chi connectivity index (χ0n) is 12.6. The highest BCUT2D eigenvalue weighted by Crippen LogP contribution is 2.30. The molecule has 0 unspecified atom stereocenters. The Morgan fingerprint density at radius 3 is 2.29 bits per heavy atom. The second-order valence-corrected chi connectivity index (χ2v) is 6.45. The van der Waals surface area contributed by atoms with Crippen LogP contribution in [0.3, 0.4) is 0 Å². The summed E-state index contributed by atoms with van der Waals surface area (Å²) < 4.78 is 0. The van der Waals surface area contributed by atoms with Crippen LogP contribution in [0, 0.1) is 0 Å². The molecule has 2 N–H and O–H groups in total. The molecule has 2 fully saturated rings. The highest BCUT2D eigenvalue weighted by Gasteiger charge is 2.34. The van der Waals surface area contributed by atoms with Gasteiger partial charge in [-0.2, -0.15) is 0 Å². The van der Waals surface area contributed by atoms with Crippen LogP contribution in [0.15, 0.2) is 30.3 Å². The van der Waals surface area contributed by atoms with Crippen molar-refractivity contribution in [3.63, 3.8) is 0 Å². The first-order chi connectivity index (χ1) is 10.2. The Morgan fingerprint density at radius 2 is 1.67 bits per heavy atom. The van der Waals surface area contributed by atoms with E-state index in [0.29, 0.717) is 6.42 Å². The van der Waals surface area contributed by atoms with E-state index in [4.69, 9.17) is 5.73 Å². The van der Waals surface area contributed by atoms with Gasteiger partial charge in [0.15, 0.2) is 0 Å². The average Bonchev–Trinajstić information content (AvgIpc) is 2.94. The standard InChI is InChI=1S/C17H25N3O/c18-17(8-4-5-9-17)14-16(21)20-12-10-19(11-13-20)15-6-2-1-3-7-15/h1-3,6-7H,4-5,8-14,18H2. The predicted octanol–water partition coefficient (Wildman–Crippen LogP) is 2.00. The quantitative estimate of drug-likeness (QED) is 0.925. The van der Waals surface area contributed by atoms with Gasteiger partial charge in [-0.1, -0.05) is 31.0 Å². The van der Waals surface area contributed by atoms with Crippen LogP contribution < -0.4 is 10.6 Å².